The molecule has 0 saturated carbocycles. The van der Waals surface area contributed by atoms with Crippen molar-refractivity contribution in [1.82, 2.24) is 30.7 Å². The number of urea groups is 2. The van der Waals surface area contributed by atoms with Gasteiger partial charge in [-0.15, -0.1) is 0 Å². The van der Waals surface area contributed by atoms with E-state index in [1.807, 2.05) is 95.9 Å². The first-order chi connectivity index (χ1) is 25.1. The van der Waals surface area contributed by atoms with E-state index in [2.05, 4.69) is 20.9 Å². The highest BCUT2D eigenvalue weighted by molar-refractivity contribution is 5.94. The number of rotatable bonds is 10. The Labute approximate surface area is 303 Å². The van der Waals surface area contributed by atoms with Crippen molar-refractivity contribution in [1.29, 1.82) is 0 Å². The number of carboxylic acids is 1. The molecule has 1 atom stereocenters. The summed E-state index contributed by atoms with van der Waals surface area (Å²) in [7, 11) is 0. The summed E-state index contributed by atoms with van der Waals surface area (Å²) in [6, 6.07) is 27.0. The lowest BCUT2D eigenvalue weighted by molar-refractivity contribution is -0.139. The molecule has 52 heavy (non-hydrogen) atoms. The van der Waals surface area contributed by atoms with E-state index in [-0.39, 0.29) is 18.4 Å². The lowest BCUT2D eigenvalue weighted by Crippen LogP contribution is -2.60. The molecule has 0 radical (unpaired) electrons. The highest BCUT2D eigenvalue weighted by Gasteiger charge is 2.54. The molecule has 3 heterocycles. The predicted molar refractivity (Wildman–Crippen MR) is 195 cm³/mol. The van der Waals surface area contributed by atoms with E-state index in [4.69, 9.17) is 0 Å². The van der Waals surface area contributed by atoms with Crippen LogP contribution in [0.25, 0.3) is 0 Å². The van der Waals surface area contributed by atoms with Gasteiger partial charge >= 0.3 is 18.0 Å². The molecular weight excluding hydrogens is 662 g/mol. The zero-order valence-corrected chi connectivity index (χ0v) is 29.5. The first-order valence-electron chi connectivity index (χ1n) is 18.0. The Morgan fingerprint density at radius 1 is 0.769 bits per heavy atom. The second-order valence-electron chi connectivity index (χ2n) is 13.8. The lowest BCUT2D eigenvalue weighted by atomic mass is 9.80. The summed E-state index contributed by atoms with van der Waals surface area (Å²) in [5.74, 6) is -1.33. The minimum absolute atomic E-state index is 0.0281. The Morgan fingerprint density at radius 2 is 1.33 bits per heavy atom. The van der Waals surface area contributed by atoms with Crippen LogP contribution >= 0.6 is 0 Å². The van der Waals surface area contributed by atoms with Crippen molar-refractivity contribution in [3.8, 4) is 0 Å². The fourth-order valence-electron chi connectivity index (χ4n) is 7.64. The van der Waals surface area contributed by atoms with Gasteiger partial charge in [0, 0.05) is 44.8 Å². The second-order valence-corrected chi connectivity index (χ2v) is 13.8. The van der Waals surface area contributed by atoms with Gasteiger partial charge in [0.15, 0.2) is 0 Å². The molecule has 0 bridgehead atoms. The molecular formula is C39H47N7O6. The van der Waals surface area contributed by atoms with Crippen LogP contribution in [0.5, 0.6) is 0 Å². The number of aliphatic carboxylic acids is 1. The number of likely N-dealkylation sites (tertiary alicyclic amines) is 2. The molecule has 3 aromatic rings. The third-order valence-corrected chi connectivity index (χ3v) is 10.7. The molecule has 3 fully saturated rings. The molecule has 274 valence electrons. The van der Waals surface area contributed by atoms with Gasteiger partial charge < -0.3 is 40.7 Å². The maximum absolute atomic E-state index is 14.1. The Hall–Kier alpha value is -5.59. The van der Waals surface area contributed by atoms with Crippen molar-refractivity contribution in [2.75, 3.05) is 44.3 Å². The van der Waals surface area contributed by atoms with Gasteiger partial charge in [0.2, 0.25) is 11.8 Å². The molecule has 4 N–H and O–H groups in total. The van der Waals surface area contributed by atoms with Crippen molar-refractivity contribution >= 4 is 35.5 Å². The van der Waals surface area contributed by atoms with E-state index in [1.54, 1.807) is 16.7 Å². The molecule has 3 saturated heterocycles. The normalized spacial score (nSPS) is 18.5. The summed E-state index contributed by atoms with van der Waals surface area (Å²) in [6.07, 6.45) is 2.10. The molecule has 6 rings (SSSR count). The molecule has 3 aliphatic heterocycles. The highest BCUT2D eigenvalue weighted by Crippen LogP contribution is 2.40. The van der Waals surface area contributed by atoms with Crippen molar-refractivity contribution in [2.24, 2.45) is 0 Å². The largest absolute Gasteiger partial charge is 0.480 e. The topological polar surface area (TPSA) is 155 Å². The number of benzene rings is 3. The fraction of sp³-hybridized carbons (Fsp3) is 0.410. The summed E-state index contributed by atoms with van der Waals surface area (Å²) >= 11 is 0. The van der Waals surface area contributed by atoms with E-state index >= 15 is 0 Å². The molecule has 0 aromatic heterocycles. The van der Waals surface area contributed by atoms with Crippen LogP contribution in [0, 0.1) is 0 Å². The second kappa shape index (κ2) is 15.7. The number of carbonyl (C=O) groups is 5. The Bertz CT molecular complexity index is 1730. The van der Waals surface area contributed by atoms with Crippen LogP contribution in [0.15, 0.2) is 91.0 Å². The van der Waals surface area contributed by atoms with Crippen LogP contribution in [0.3, 0.4) is 0 Å². The number of hydrogen-bond acceptors (Lipinski definition) is 6. The van der Waals surface area contributed by atoms with E-state index < -0.39 is 35.2 Å². The van der Waals surface area contributed by atoms with Crippen LogP contribution in [0.2, 0.25) is 0 Å². The molecule has 1 unspecified atom stereocenters. The maximum atomic E-state index is 14.1. The van der Waals surface area contributed by atoms with Crippen molar-refractivity contribution in [3.63, 3.8) is 0 Å². The van der Waals surface area contributed by atoms with Crippen molar-refractivity contribution in [2.45, 2.75) is 62.7 Å². The van der Waals surface area contributed by atoms with Crippen LogP contribution in [0.4, 0.5) is 15.3 Å². The number of amides is 6. The Balaban J connectivity index is 1.04. The van der Waals surface area contributed by atoms with Crippen LogP contribution in [-0.2, 0) is 26.5 Å². The maximum Gasteiger partial charge on any atom is 0.328 e. The third kappa shape index (κ3) is 7.68. The van der Waals surface area contributed by atoms with Gasteiger partial charge in [-0.25, -0.2) is 14.4 Å². The Morgan fingerprint density at radius 3 is 1.92 bits per heavy atom. The average molecular weight is 710 g/mol. The van der Waals surface area contributed by atoms with Gasteiger partial charge in [0.05, 0.1) is 18.8 Å². The molecule has 3 aromatic carbocycles. The van der Waals surface area contributed by atoms with Gasteiger partial charge in [-0.1, -0.05) is 85.8 Å². The number of carbonyl (C=O) groups excluding carboxylic acids is 4. The molecule has 6 amide bonds. The van der Waals surface area contributed by atoms with Crippen LogP contribution < -0.4 is 20.9 Å². The van der Waals surface area contributed by atoms with E-state index in [1.165, 1.54) is 0 Å². The number of para-hydroxylation sites is 1. The minimum atomic E-state index is -1.36. The number of hydrogen-bond donors (Lipinski definition) is 4. The zero-order valence-electron chi connectivity index (χ0n) is 29.5. The minimum Gasteiger partial charge on any atom is -0.480 e. The average Bonchev–Trinajstić information content (AvgIpc) is 3.43. The van der Waals surface area contributed by atoms with Crippen LogP contribution in [0.1, 0.15) is 50.2 Å². The van der Waals surface area contributed by atoms with E-state index in [0.717, 1.165) is 16.8 Å². The summed E-state index contributed by atoms with van der Waals surface area (Å²) < 4.78 is 0. The quantitative estimate of drug-likeness (QED) is 0.250. The summed E-state index contributed by atoms with van der Waals surface area (Å²) in [5.41, 5.74) is 1.51. The summed E-state index contributed by atoms with van der Waals surface area (Å²) in [4.78, 5) is 72.4. The fourth-order valence-corrected chi connectivity index (χ4v) is 7.64. The van der Waals surface area contributed by atoms with Gasteiger partial charge in [-0.3, -0.25) is 9.59 Å². The van der Waals surface area contributed by atoms with Gasteiger partial charge in [0.25, 0.3) is 0 Å². The molecule has 13 heteroatoms. The lowest BCUT2D eigenvalue weighted by Gasteiger charge is -2.43. The molecule has 13 nitrogen and oxygen atoms in total. The molecule has 3 aliphatic rings. The number of carboxylic acid groups (broad SMARTS) is 1. The number of anilines is 1. The van der Waals surface area contributed by atoms with E-state index in [9.17, 15) is 29.1 Å². The van der Waals surface area contributed by atoms with E-state index in [0.29, 0.717) is 71.5 Å². The van der Waals surface area contributed by atoms with Crippen molar-refractivity contribution < 1.29 is 29.1 Å². The van der Waals surface area contributed by atoms with Gasteiger partial charge in [-0.2, -0.15) is 0 Å². The first kappa shape index (κ1) is 36.2. The first-order valence-corrected chi connectivity index (χ1v) is 18.0. The van der Waals surface area contributed by atoms with Gasteiger partial charge in [0.1, 0.15) is 11.6 Å². The number of nitrogens with zero attached hydrogens (tertiary/aromatic N) is 4. The number of nitrogens with one attached hydrogen (secondary N) is 3. The predicted octanol–water partition coefficient (Wildman–Crippen LogP) is 3.72. The SMILES string of the molecule is CCC(=O)NC1(c2ccccc2)CCN(C(=O)NC(CNC(=O)N2CCC3(CC2)C(=O)N(Cc2ccccc2)CN3c2ccccc2)C(=O)O)CC1. The molecule has 1 spiro atoms. The third-order valence-electron chi connectivity index (χ3n) is 10.7. The zero-order chi connectivity index (χ0) is 36.7. The monoisotopic (exact) mass is 709 g/mol. The smallest absolute Gasteiger partial charge is 0.328 e. The highest BCUT2D eigenvalue weighted by atomic mass is 16.4. The van der Waals surface area contributed by atoms with Crippen molar-refractivity contribution in [3.05, 3.63) is 102 Å². The standard InChI is InChI=1S/C39H47N7O6/c1-2-33(47)42-38(30-14-8-4-9-15-30)18-22-44(23-19-38)37(52)41-32(34(48)49)26-40-36(51)43-24-20-39(21-25-43)35(50)45(27-29-12-6-3-7-13-29)28-46(39)31-16-10-5-11-17-31/h3-17,32H,2,18-28H2,1H3,(H,40,51)(H,41,52)(H,42,47)(H,48,49). The van der Waals surface area contributed by atoms with Crippen LogP contribution in [-0.4, -0.2) is 101 Å². The Kier molecular flexibility index (Phi) is 11.0. The van der Waals surface area contributed by atoms with Gasteiger partial charge in [-0.05, 0) is 48.9 Å². The number of piperidine rings is 2. The summed E-state index contributed by atoms with van der Waals surface area (Å²) in [5, 5.41) is 18.4. The summed E-state index contributed by atoms with van der Waals surface area (Å²) in [6.45, 7) is 3.61. The molecule has 0 aliphatic carbocycles.